The number of ether oxygens (including phenoxy) is 1. The zero-order valence-corrected chi connectivity index (χ0v) is 15.9. The lowest BCUT2D eigenvalue weighted by Crippen LogP contribution is -2.30. The molecule has 0 saturated heterocycles. The van der Waals surface area contributed by atoms with E-state index in [1.54, 1.807) is 0 Å². The molecule has 2 heterocycles. The molecule has 0 aliphatic heterocycles. The van der Waals surface area contributed by atoms with Crippen LogP contribution >= 0.6 is 0 Å². The van der Waals surface area contributed by atoms with Crippen molar-refractivity contribution in [3.63, 3.8) is 0 Å². The van der Waals surface area contributed by atoms with E-state index in [0.29, 0.717) is 6.54 Å². The van der Waals surface area contributed by atoms with E-state index in [4.69, 9.17) is 4.74 Å². The molecular formula is C23H21N3O3. The van der Waals surface area contributed by atoms with Crippen molar-refractivity contribution >= 4 is 16.8 Å². The number of amides is 1. The Balaban J connectivity index is 1.62. The molecule has 2 aromatic heterocycles. The van der Waals surface area contributed by atoms with E-state index >= 15 is 0 Å². The molecule has 6 nitrogen and oxygen atoms in total. The van der Waals surface area contributed by atoms with E-state index in [1.807, 2.05) is 54.7 Å². The molecule has 2 aromatic carbocycles. The Labute approximate surface area is 167 Å². The van der Waals surface area contributed by atoms with E-state index in [1.165, 1.54) is 19.4 Å². The first-order chi connectivity index (χ1) is 14.2. The highest BCUT2D eigenvalue weighted by Crippen LogP contribution is 2.30. The molecule has 29 heavy (non-hydrogen) atoms. The third kappa shape index (κ3) is 3.78. The standard InChI is InChI=1S/C23H21N3O3/c1-29-22-14-25-20(11-21(22)27)23(28)26-12-17(15-7-3-2-4-8-15)18-13-24-19-10-6-5-9-16(18)19/h2-11,13-14,17,24H,12H2,1H3,(H,25,27)(H,26,28)/t17-/m0/s1. The molecule has 6 heteroatoms. The van der Waals surface area contributed by atoms with Gasteiger partial charge in [-0.1, -0.05) is 48.5 Å². The lowest BCUT2D eigenvalue weighted by molar-refractivity contribution is 0.0947. The lowest BCUT2D eigenvalue weighted by Gasteiger charge is -2.18. The van der Waals surface area contributed by atoms with Crippen LogP contribution in [0.2, 0.25) is 0 Å². The van der Waals surface area contributed by atoms with E-state index < -0.39 is 0 Å². The van der Waals surface area contributed by atoms with E-state index in [2.05, 4.69) is 21.4 Å². The van der Waals surface area contributed by atoms with Gasteiger partial charge in [-0.15, -0.1) is 0 Å². The van der Waals surface area contributed by atoms with Crippen LogP contribution in [0.5, 0.6) is 5.75 Å². The van der Waals surface area contributed by atoms with Crippen LogP contribution in [-0.4, -0.2) is 29.5 Å². The molecule has 0 aliphatic carbocycles. The van der Waals surface area contributed by atoms with Crippen molar-refractivity contribution < 1.29 is 9.53 Å². The topological polar surface area (TPSA) is 87.0 Å². The summed E-state index contributed by atoms with van der Waals surface area (Å²) in [5.41, 5.74) is 3.11. The van der Waals surface area contributed by atoms with Gasteiger partial charge in [-0.25, -0.2) is 0 Å². The van der Waals surface area contributed by atoms with Crippen LogP contribution < -0.4 is 15.5 Å². The highest BCUT2D eigenvalue weighted by atomic mass is 16.5. The number of rotatable bonds is 6. The van der Waals surface area contributed by atoms with Crippen molar-refractivity contribution in [3.05, 3.63) is 100 Å². The van der Waals surface area contributed by atoms with Gasteiger partial charge in [0.15, 0.2) is 5.75 Å². The average Bonchev–Trinajstić information content (AvgIpc) is 3.18. The molecule has 1 atom stereocenters. The Morgan fingerprint density at radius 3 is 2.55 bits per heavy atom. The lowest BCUT2D eigenvalue weighted by atomic mass is 9.91. The fourth-order valence-electron chi connectivity index (χ4n) is 3.51. The largest absolute Gasteiger partial charge is 0.491 e. The van der Waals surface area contributed by atoms with Crippen molar-refractivity contribution in [1.29, 1.82) is 0 Å². The van der Waals surface area contributed by atoms with Crippen LogP contribution in [0.15, 0.2) is 77.9 Å². The number of aromatic amines is 2. The van der Waals surface area contributed by atoms with Crippen LogP contribution in [0, 0.1) is 0 Å². The Bertz CT molecular complexity index is 1190. The normalized spacial score (nSPS) is 11.9. The number of benzene rings is 2. The summed E-state index contributed by atoms with van der Waals surface area (Å²) in [4.78, 5) is 30.7. The molecule has 0 saturated carbocycles. The first-order valence-electron chi connectivity index (χ1n) is 9.33. The average molecular weight is 387 g/mol. The second kappa shape index (κ2) is 8.06. The summed E-state index contributed by atoms with van der Waals surface area (Å²) < 4.78 is 4.95. The van der Waals surface area contributed by atoms with Crippen molar-refractivity contribution in [2.45, 2.75) is 5.92 Å². The Morgan fingerprint density at radius 1 is 1.03 bits per heavy atom. The monoisotopic (exact) mass is 387 g/mol. The minimum Gasteiger partial charge on any atom is -0.491 e. The van der Waals surface area contributed by atoms with Gasteiger partial charge in [-0.05, 0) is 17.2 Å². The molecule has 146 valence electrons. The third-order valence-electron chi connectivity index (χ3n) is 5.01. The molecule has 0 spiro atoms. The van der Waals surface area contributed by atoms with Crippen molar-refractivity contribution in [2.24, 2.45) is 0 Å². The highest BCUT2D eigenvalue weighted by Gasteiger charge is 2.19. The number of hydrogen-bond acceptors (Lipinski definition) is 3. The van der Waals surface area contributed by atoms with Crippen LogP contribution in [0.3, 0.4) is 0 Å². The highest BCUT2D eigenvalue weighted by molar-refractivity contribution is 5.92. The van der Waals surface area contributed by atoms with Gasteiger partial charge in [0.2, 0.25) is 5.43 Å². The summed E-state index contributed by atoms with van der Waals surface area (Å²) in [6.45, 7) is 0.388. The van der Waals surface area contributed by atoms with E-state index in [-0.39, 0.29) is 28.7 Å². The maximum Gasteiger partial charge on any atom is 0.267 e. The van der Waals surface area contributed by atoms with Crippen LogP contribution in [-0.2, 0) is 0 Å². The minimum atomic E-state index is -0.342. The Hall–Kier alpha value is -3.80. The molecule has 0 fully saturated rings. The molecule has 0 bridgehead atoms. The first-order valence-corrected chi connectivity index (χ1v) is 9.33. The molecule has 1 amide bonds. The maximum atomic E-state index is 12.6. The van der Waals surface area contributed by atoms with Crippen LogP contribution in [0.1, 0.15) is 27.5 Å². The molecule has 4 aromatic rings. The van der Waals surface area contributed by atoms with Gasteiger partial charge in [0.25, 0.3) is 5.91 Å². The molecule has 3 N–H and O–H groups in total. The smallest absolute Gasteiger partial charge is 0.267 e. The van der Waals surface area contributed by atoms with Gasteiger partial charge >= 0.3 is 0 Å². The van der Waals surface area contributed by atoms with E-state index in [9.17, 15) is 9.59 Å². The van der Waals surface area contributed by atoms with Gasteiger partial charge in [0.1, 0.15) is 5.69 Å². The second-order valence-electron chi connectivity index (χ2n) is 6.74. The zero-order valence-electron chi connectivity index (χ0n) is 15.9. The predicted octanol–water partition coefficient (Wildman–Crippen LogP) is 3.43. The fourth-order valence-corrected chi connectivity index (χ4v) is 3.51. The third-order valence-corrected chi connectivity index (χ3v) is 5.01. The summed E-state index contributed by atoms with van der Waals surface area (Å²) >= 11 is 0. The summed E-state index contributed by atoms with van der Waals surface area (Å²) in [6.07, 6.45) is 3.38. The fraction of sp³-hybridized carbons (Fsp3) is 0.130. The van der Waals surface area contributed by atoms with Gasteiger partial charge in [-0.3, -0.25) is 9.59 Å². The van der Waals surface area contributed by atoms with E-state index in [0.717, 1.165) is 22.0 Å². The predicted molar refractivity (Wildman–Crippen MR) is 113 cm³/mol. The van der Waals surface area contributed by atoms with Crippen LogP contribution in [0.25, 0.3) is 10.9 Å². The number of fused-ring (bicyclic) bond motifs is 1. The number of methoxy groups -OCH3 is 1. The Morgan fingerprint density at radius 2 is 1.79 bits per heavy atom. The van der Waals surface area contributed by atoms with Crippen molar-refractivity contribution in [1.82, 2.24) is 15.3 Å². The van der Waals surface area contributed by atoms with Gasteiger partial charge < -0.3 is 20.0 Å². The molecule has 0 unspecified atom stereocenters. The maximum absolute atomic E-state index is 12.6. The summed E-state index contributed by atoms with van der Waals surface area (Å²) in [5.74, 6) is -0.214. The Kier molecular flexibility index (Phi) is 5.16. The number of carbonyl (C=O) groups is 1. The number of nitrogens with one attached hydrogen (secondary N) is 3. The quantitative estimate of drug-likeness (QED) is 0.474. The number of H-pyrrole nitrogens is 2. The zero-order chi connectivity index (χ0) is 20.2. The molecular weight excluding hydrogens is 366 g/mol. The van der Waals surface area contributed by atoms with Gasteiger partial charge in [0, 0.05) is 41.8 Å². The minimum absolute atomic E-state index is 0.0405. The number of hydrogen-bond donors (Lipinski definition) is 3. The molecule has 0 aliphatic rings. The van der Waals surface area contributed by atoms with Crippen molar-refractivity contribution in [3.8, 4) is 5.75 Å². The molecule has 0 radical (unpaired) electrons. The first kappa shape index (κ1) is 18.6. The SMILES string of the molecule is COc1c[nH]c(C(=O)NC[C@@H](c2ccccc2)c2c[nH]c3ccccc23)cc1=O. The second-order valence-corrected chi connectivity index (χ2v) is 6.74. The number of pyridine rings is 1. The summed E-state index contributed by atoms with van der Waals surface area (Å²) in [7, 11) is 1.41. The summed E-state index contributed by atoms with van der Waals surface area (Å²) in [6, 6.07) is 19.4. The van der Waals surface area contributed by atoms with Gasteiger partial charge in [-0.2, -0.15) is 0 Å². The van der Waals surface area contributed by atoms with Crippen LogP contribution in [0.4, 0.5) is 0 Å². The number of para-hydroxylation sites is 1. The number of aromatic nitrogens is 2. The van der Waals surface area contributed by atoms with Gasteiger partial charge in [0.05, 0.1) is 7.11 Å². The number of carbonyl (C=O) groups excluding carboxylic acids is 1. The summed E-state index contributed by atoms with van der Waals surface area (Å²) in [5, 5.41) is 4.07. The molecule has 4 rings (SSSR count). The van der Waals surface area contributed by atoms with Crippen molar-refractivity contribution in [2.75, 3.05) is 13.7 Å².